The number of nitrogens with zero attached hydrogens (tertiary/aromatic N) is 2. The van der Waals surface area contributed by atoms with Crippen molar-refractivity contribution in [3.05, 3.63) is 243 Å². The predicted molar refractivity (Wildman–Crippen MR) is 264 cm³/mol. The van der Waals surface area contributed by atoms with Gasteiger partial charge in [0.2, 0.25) is 0 Å². The Morgan fingerprint density at radius 2 is 0.778 bits per heavy atom. The number of rotatable bonds is 8. The molecule has 0 unspecified atom stereocenters. The Hall–Kier alpha value is -8.40. The number of benzene rings is 10. The Balaban J connectivity index is 1.08. The third-order valence-corrected chi connectivity index (χ3v) is 12.4. The second-order valence-electron chi connectivity index (χ2n) is 16.0. The maximum atomic E-state index is 6.51. The first kappa shape index (κ1) is 36.5. The van der Waals surface area contributed by atoms with E-state index in [-0.39, 0.29) is 0 Å². The Kier molecular flexibility index (Phi) is 8.83. The van der Waals surface area contributed by atoms with Crippen LogP contribution in [0.4, 0.5) is 17.1 Å². The summed E-state index contributed by atoms with van der Waals surface area (Å²) in [5, 5.41) is 4.72. The zero-order chi connectivity index (χ0) is 41.7. The maximum Gasteiger partial charge on any atom is 0.143 e. The van der Waals surface area contributed by atoms with Crippen molar-refractivity contribution in [1.29, 1.82) is 0 Å². The summed E-state index contributed by atoms with van der Waals surface area (Å²) >= 11 is 0. The van der Waals surface area contributed by atoms with Crippen molar-refractivity contribution < 1.29 is 4.42 Å². The summed E-state index contributed by atoms with van der Waals surface area (Å²) in [6.07, 6.45) is 0. The second kappa shape index (κ2) is 15.3. The normalized spacial score (nSPS) is 11.5. The van der Waals surface area contributed by atoms with E-state index in [1.807, 2.05) is 12.1 Å². The standard InChI is InChI=1S/C60H40N2O/c1-2-19-41(20-3-1)44-21-4-5-22-46(44)47-23-6-12-31-54(47)61(43-39-37-42(38-40-43)45-29-18-30-53-52-28-11-17-36-59(52)63-60(45)53)55-32-13-7-24-48(55)49-25-8-14-33-56(49)62-57-34-15-9-26-50(57)51-27-10-16-35-58(51)62/h1-40H. The van der Waals surface area contributed by atoms with Crippen LogP contribution in [-0.4, -0.2) is 4.57 Å². The molecule has 0 atom stereocenters. The summed E-state index contributed by atoms with van der Waals surface area (Å²) in [5.74, 6) is 0. The van der Waals surface area contributed by atoms with Crippen LogP contribution in [0.1, 0.15) is 0 Å². The molecule has 0 fully saturated rings. The van der Waals surface area contributed by atoms with Gasteiger partial charge in [0, 0.05) is 49.5 Å². The van der Waals surface area contributed by atoms with Crippen molar-refractivity contribution in [2.45, 2.75) is 0 Å². The van der Waals surface area contributed by atoms with Crippen LogP contribution in [0.3, 0.4) is 0 Å². The molecule has 12 aromatic rings. The van der Waals surface area contributed by atoms with Crippen LogP contribution in [0.25, 0.3) is 93.9 Å². The number of para-hydroxylation sites is 7. The molecule has 2 aromatic heterocycles. The molecule has 0 amide bonds. The molecule has 12 rings (SSSR count). The van der Waals surface area contributed by atoms with E-state index in [2.05, 4.69) is 240 Å². The van der Waals surface area contributed by atoms with Crippen LogP contribution in [0.2, 0.25) is 0 Å². The maximum absolute atomic E-state index is 6.51. The molecule has 0 radical (unpaired) electrons. The third kappa shape index (κ3) is 6.13. The molecule has 0 saturated carbocycles. The molecule has 0 aliphatic carbocycles. The van der Waals surface area contributed by atoms with Gasteiger partial charge in [-0.2, -0.15) is 0 Å². The summed E-state index contributed by atoms with van der Waals surface area (Å²) < 4.78 is 8.94. The molecule has 0 bridgehead atoms. The first-order valence-corrected chi connectivity index (χ1v) is 21.5. The summed E-state index contributed by atoms with van der Waals surface area (Å²) in [5.41, 5.74) is 17.6. The van der Waals surface area contributed by atoms with Gasteiger partial charge in [-0.05, 0) is 70.8 Å². The van der Waals surface area contributed by atoms with Gasteiger partial charge in [0.25, 0.3) is 0 Å². The molecule has 10 aromatic carbocycles. The van der Waals surface area contributed by atoms with Crippen molar-refractivity contribution in [3.8, 4) is 50.2 Å². The van der Waals surface area contributed by atoms with Gasteiger partial charge >= 0.3 is 0 Å². The number of furan rings is 1. The van der Waals surface area contributed by atoms with Crippen LogP contribution in [0, 0.1) is 0 Å². The molecule has 2 heterocycles. The number of aromatic nitrogens is 1. The average Bonchev–Trinajstić information content (AvgIpc) is 3.91. The van der Waals surface area contributed by atoms with Gasteiger partial charge in [-0.15, -0.1) is 0 Å². The number of hydrogen-bond donors (Lipinski definition) is 0. The fraction of sp³-hybridized carbons (Fsp3) is 0. The fourth-order valence-corrected chi connectivity index (χ4v) is 9.63. The lowest BCUT2D eigenvalue weighted by molar-refractivity contribution is 0.670. The molecule has 3 nitrogen and oxygen atoms in total. The van der Waals surface area contributed by atoms with Crippen molar-refractivity contribution in [1.82, 2.24) is 4.57 Å². The number of anilines is 3. The van der Waals surface area contributed by atoms with E-state index in [9.17, 15) is 0 Å². The van der Waals surface area contributed by atoms with Gasteiger partial charge in [0.05, 0.1) is 28.1 Å². The van der Waals surface area contributed by atoms with E-state index in [0.29, 0.717) is 0 Å². The largest absolute Gasteiger partial charge is 0.455 e. The van der Waals surface area contributed by atoms with Crippen LogP contribution in [0.15, 0.2) is 247 Å². The lowest BCUT2D eigenvalue weighted by Crippen LogP contribution is -2.13. The zero-order valence-corrected chi connectivity index (χ0v) is 34.4. The van der Waals surface area contributed by atoms with Crippen LogP contribution < -0.4 is 4.90 Å². The van der Waals surface area contributed by atoms with Crippen molar-refractivity contribution in [2.24, 2.45) is 0 Å². The number of hydrogen-bond acceptors (Lipinski definition) is 2. The monoisotopic (exact) mass is 804 g/mol. The minimum absolute atomic E-state index is 0.896. The van der Waals surface area contributed by atoms with E-state index < -0.39 is 0 Å². The summed E-state index contributed by atoms with van der Waals surface area (Å²) in [7, 11) is 0. The molecule has 0 saturated heterocycles. The van der Waals surface area contributed by atoms with Crippen LogP contribution >= 0.6 is 0 Å². The molecule has 0 aliphatic rings. The SMILES string of the molecule is c1ccc(-c2ccccc2-c2ccccc2N(c2ccc(-c3cccc4c3oc3ccccc34)cc2)c2ccccc2-c2ccccc2-n2c3ccccc3c3ccccc32)cc1. The lowest BCUT2D eigenvalue weighted by atomic mass is 9.92. The van der Waals surface area contributed by atoms with E-state index in [0.717, 1.165) is 72.5 Å². The molecule has 0 spiro atoms. The second-order valence-corrected chi connectivity index (χ2v) is 16.0. The fourth-order valence-electron chi connectivity index (χ4n) is 9.63. The Morgan fingerprint density at radius 3 is 1.48 bits per heavy atom. The van der Waals surface area contributed by atoms with E-state index in [1.165, 1.54) is 38.5 Å². The van der Waals surface area contributed by atoms with Crippen LogP contribution in [0.5, 0.6) is 0 Å². The van der Waals surface area contributed by atoms with Crippen molar-refractivity contribution >= 4 is 60.8 Å². The highest BCUT2D eigenvalue weighted by atomic mass is 16.3. The quantitative estimate of drug-likeness (QED) is 0.153. The average molecular weight is 805 g/mol. The summed E-state index contributed by atoms with van der Waals surface area (Å²) in [4.78, 5) is 2.45. The highest BCUT2D eigenvalue weighted by molar-refractivity contribution is 6.11. The molecular weight excluding hydrogens is 765 g/mol. The van der Waals surface area contributed by atoms with Gasteiger partial charge in [0.1, 0.15) is 11.2 Å². The summed E-state index contributed by atoms with van der Waals surface area (Å²) in [6.45, 7) is 0. The van der Waals surface area contributed by atoms with Crippen molar-refractivity contribution in [3.63, 3.8) is 0 Å². The van der Waals surface area contributed by atoms with Gasteiger partial charge < -0.3 is 13.9 Å². The molecule has 0 aliphatic heterocycles. The molecule has 3 heteroatoms. The van der Waals surface area contributed by atoms with Gasteiger partial charge in [-0.3, -0.25) is 0 Å². The smallest absolute Gasteiger partial charge is 0.143 e. The minimum atomic E-state index is 0.896. The highest BCUT2D eigenvalue weighted by Gasteiger charge is 2.24. The Morgan fingerprint density at radius 1 is 0.302 bits per heavy atom. The van der Waals surface area contributed by atoms with Gasteiger partial charge in [-0.25, -0.2) is 0 Å². The van der Waals surface area contributed by atoms with E-state index in [4.69, 9.17) is 4.42 Å². The topological polar surface area (TPSA) is 21.3 Å². The van der Waals surface area contributed by atoms with Gasteiger partial charge in [-0.1, -0.05) is 194 Å². The molecule has 0 N–H and O–H groups in total. The Bertz CT molecular complexity index is 3580. The third-order valence-electron chi connectivity index (χ3n) is 12.4. The first-order chi connectivity index (χ1) is 31.3. The predicted octanol–water partition coefficient (Wildman–Crippen LogP) is 16.8. The van der Waals surface area contributed by atoms with Crippen molar-refractivity contribution in [2.75, 3.05) is 4.90 Å². The van der Waals surface area contributed by atoms with Gasteiger partial charge in [0.15, 0.2) is 0 Å². The first-order valence-electron chi connectivity index (χ1n) is 21.5. The Labute approximate surface area is 366 Å². The number of fused-ring (bicyclic) bond motifs is 6. The summed E-state index contributed by atoms with van der Waals surface area (Å²) in [6, 6.07) is 87.2. The molecule has 63 heavy (non-hydrogen) atoms. The molecule has 296 valence electrons. The van der Waals surface area contributed by atoms with E-state index >= 15 is 0 Å². The molecular formula is C60H40N2O. The van der Waals surface area contributed by atoms with Crippen LogP contribution in [-0.2, 0) is 0 Å². The highest BCUT2D eigenvalue weighted by Crippen LogP contribution is 2.48. The van der Waals surface area contributed by atoms with E-state index in [1.54, 1.807) is 0 Å². The zero-order valence-electron chi connectivity index (χ0n) is 34.4. The lowest BCUT2D eigenvalue weighted by Gasteiger charge is -2.31. The minimum Gasteiger partial charge on any atom is -0.455 e.